The molecule has 1 aliphatic carbocycles. The molecule has 20 heavy (non-hydrogen) atoms. The molecule has 3 heteroatoms. The van der Waals surface area contributed by atoms with E-state index in [-0.39, 0.29) is 5.63 Å². The summed E-state index contributed by atoms with van der Waals surface area (Å²) in [7, 11) is 0. The molecule has 1 saturated carbocycles. The summed E-state index contributed by atoms with van der Waals surface area (Å²) in [5.41, 5.74) is 2.58. The van der Waals surface area contributed by atoms with E-state index in [1.807, 2.05) is 19.1 Å². The summed E-state index contributed by atoms with van der Waals surface area (Å²) in [6, 6.07) is 8.25. The molecule has 0 spiro atoms. The number of rotatable bonds is 3. The summed E-state index contributed by atoms with van der Waals surface area (Å²) >= 11 is 0. The van der Waals surface area contributed by atoms with Crippen LogP contribution in [0.2, 0.25) is 0 Å². The first-order chi connectivity index (χ1) is 9.72. The lowest BCUT2D eigenvalue weighted by molar-refractivity contribution is 0.372. The maximum absolute atomic E-state index is 11.7. The van der Waals surface area contributed by atoms with Crippen LogP contribution in [0.4, 0.5) is 0 Å². The predicted molar refractivity (Wildman–Crippen MR) is 80.9 cm³/mol. The van der Waals surface area contributed by atoms with Gasteiger partial charge in [-0.25, -0.2) is 4.79 Å². The van der Waals surface area contributed by atoms with E-state index in [2.05, 4.69) is 11.4 Å². The van der Waals surface area contributed by atoms with Gasteiger partial charge in [-0.1, -0.05) is 31.4 Å². The van der Waals surface area contributed by atoms with Crippen molar-refractivity contribution in [3.8, 4) is 0 Å². The number of fused-ring (bicyclic) bond motifs is 1. The van der Waals surface area contributed by atoms with Gasteiger partial charge in [-0.15, -0.1) is 0 Å². The third kappa shape index (κ3) is 2.93. The van der Waals surface area contributed by atoms with E-state index in [1.165, 1.54) is 32.1 Å². The van der Waals surface area contributed by atoms with Crippen LogP contribution < -0.4 is 10.9 Å². The van der Waals surface area contributed by atoms with Crippen molar-refractivity contribution in [1.29, 1.82) is 0 Å². The van der Waals surface area contributed by atoms with Crippen LogP contribution in [-0.2, 0) is 6.54 Å². The topological polar surface area (TPSA) is 42.2 Å². The summed E-state index contributed by atoms with van der Waals surface area (Å²) in [4.78, 5) is 11.7. The van der Waals surface area contributed by atoms with Crippen LogP contribution in [0.5, 0.6) is 0 Å². The van der Waals surface area contributed by atoms with E-state index in [0.29, 0.717) is 11.6 Å². The van der Waals surface area contributed by atoms with E-state index in [1.54, 1.807) is 6.07 Å². The lowest BCUT2D eigenvalue weighted by Gasteiger charge is -2.23. The number of aryl methyl sites for hydroxylation is 1. The zero-order valence-electron chi connectivity index (χ0n) is 11.9. The van der Waals surface area contributed by atoms with Gasteiger partial charge < -0.3 is 9.73 Å². The average molecular weight is 271 g/mol. The molecule has 0 amide bonds. The molecule has 1 aliphatic rings. The van der Waals surface area contributed by atoms with E-state index in [9.17, 15) is 4.79 Å². The maximum atomic E-state index is 11.7. The first-order valence-corrected chi connectivity index (χ1v) is 7.49. The van der Waals surface area contributed by atoms with Crippen LogP contribution in [0.3, 0.4) is 0 Å². The Hall–Kier alpha value is -1.61. The highest BCUT2D eigenvalue weighted by molar-refractivity contribution is 5.80. The Bertz CT molecular complexity index is 654. The van der Waals surface area contributed by atoms with Gasteiger partial charge in [0.25, 0.3) is 0 Å². The van der Waals surface area contributed by atoms with Gasteiger partial charge in [-0.2, -0.15) is 0 Å². The van der Waals surface area contributed by atoms with Crippen molar-refractivity contribution in [2.24, 2.45) is 0 Å². The summed E-state index contributed by atoms with van der Waals surface area (Å²) in [6.45, 7) is 2.75. The van der Waals surface area contributed by atoms with Crippen molar-refractivity contribution in [3.63, 3.8) is 0 Å². The zero-order valence-corrected chi connectivity index (χ0v) is 11.9. The second-order valence-corrected chi connectivity index (χ2v) is 5.81. The highest BCUT2D eigenvalue weighted by atomic mass is 16.4. The molecule has 3 nitrogen and oxygen atoms in total. The summed E-state index contributed by atoms with van der Waals surface area (Å²) in [5, 5.41) is 4.63. The number of hydrogen-bond acceptors (Lipinski definition) is 3. The summed E-state index contributed by atoms with van der Waals surface area (Å²) < 4.78 is 5.29. The van der Waals surface area contributed by atoms with Gasteiger partial charge >= 0.3 is 5.63 Å². The highest BCUT2D eigenvalue weighted by Gasteiger charge is 2.13. The van der Waals surface area contributed by atoms with Gasteiger partial charge in [-0.3, -0.25) is 0 Å². The van der Waals surface area contributed by atoms with Crippen LogP contribution in [0.25, 0.3) is 11.0 Å². The first-order valence-electron chi connectivity index (χ1n) is 7.49. The molecule has 0 atom stereocenters. The predicted octanol–water partition coefficient (Wildman–Crippen LogP) is 3.52. The van der Waals surface area contributed by atoms with Gasteiger partial charge in [0.15, 0.2) is 0 Å². The molecule has 0 aliphatic heterocycles. The largest absolute Gasteiger partial charge is 0.423 e. The monoisotopic (exact) mass is 271 g/mol. The third-order valence-electron chi connectivity index (χ3n) is 4.17. The van der Waals surface area contributed by atoms with E-state index in [4.69, 9.17) is 4.42 Å². The lowest BCUT2D eigenvalue weighted by atomic mass is 9.95. The molecule has 3 rings (SSSR count). The minimum Gasteiger partial charge on any atom is -0.423 e. The Morgan fingerprint density at radius 2 is 2.00 bits per heavy atom. The Morgan fingerprint density at radius 1 is 1.20 bits per heavy atom. The molecule has 1 aromatic carbocycles. The van der Waals surface area contributed by atoms with E-state index < -0.39 is 0 Å². The van der Waals surface area contributed by atoms with Crippen LogP contribution in [-0.4, -0.2) is 6.04 Å². The minimum atomic E-state index is -0.261. The zero-order chi connectivity index (χ0) is 13.9. The summed E-state index contributed by atoms with van der Waals surface area (Å²) in [5.74, 6) is 0. The number of hydrogen-bond donors (Lipinski definition) is 1. The van der Waals surface area contributed by atoms with Crippen LogP contribution in [0.15, 0.2) is 33.5 Å². The van der Waals surface area contributed by atoms with Crippen molar-refractivity contribution in [1.82, 2.24) is 5.32 Å². The molecular formula is C17H21NO2. The fourth-order valence-corrected chi connectivity index (χ4v) is 3.04. The Labute approximate surface area is 119 Å². The van der Waals surface area contributed by atoms with Gasteiger partial charge in [0, 0.05) is 24.0 Å². The molecule has 0 radical (unpaired) electrons. The maximum Gasteiger partial charge on any atom is 0.336 e. The van der Waals surface area contributed by atoms with E-state index in [0.717, 1.165) is 23.1 Å². The van der Waals surface area contributed by atoms with Crippen molar-refractivity contribution < 1.29 is 4.42 Å². The molecular weight excluding hydrogens is 250 g/mol. The second-order valence-electron chi connectivity index (χ2n) is 5.81. The number of benzene rings is 1. The molecule has 0 saturated heterocycles. The number of nitrogens with one attached hydrogen (secondary N) is 1. The Kier molecular flexibility index (Phi) is 3.88. The van der Waals surface area contributed by atoms with Gasteiger partial charge in [0.2, 0.25) is 0 Å². The SMILES string of the molecule is Cc1ccc2c(CNC3CCCCC3)cc(=O)oc2c1. The molecule has 1 N–H and O–H groups in total. The van der Waals surface area contributed by atoms with Crippen molar-refractivity contribution >= 4 is 11.0 Å². The van der Waals surface area contributed by atoms with Gasteiger partial charge in [-0.05, 0) is 37.0 Å². The van der Waals surface area contributed by atoms with E-state index >= 15 is 0 Å². The molecule has 1 fully saturated rings. The van der Waals surface area contributed by atoms with Crippen LogP contribution >= 0.6 is 0 Å². The Balaban J connectivity index is 1.84. The molecule has 106 valence electrons. The molecule has 1 heterocycles. The van der Waals surface area contributed by atoms with Gasteiger partial charge in [0.05, 0.1) is 0 Å². The van der Waals surface area contributed by atoms with Crippen molar-refractivity contribution in [2.45, 2.75) is 51.6 Å². The quantitative estimate of drug-likeness (QED) is 0.868. The molecule has 2 aromatic rings. The minimum absolute atomic E-state index is 0.261. The second kappa shape index (κ2) is 5.80. The molecule has 1 aromatic heterocycles. The van der Waals surface area contributed by atoms with Crippen LogP contribution in [0.1, 0.15) is 43.2 Å². The third-order valence-corrected chi connectivity index (χ3v) is 4.17. The fourth-order valence-electron chi connectivity index (χ4n) is 3.04. The summed E-state index contributed by atoms with van der Waals surface area (Å²) in [6.07, 6.45) is 6.48. The Morgan fingerprint density at radius 3 is 2.80 bits per heavy atom. The fraction of sp³-hybridized carbons (Fsp3) is 0.471. The standard InChI is InChI=1S/C17H21NO2/c1-12-7-8-15-13(10-17(19)20-16(15)9-12)11-18-14-5-3-2-4-6-14/h7-10,14,18H,2-6,11H2,1H3. The lowest BCUT2D eigenvalue weighted by Crippen LogP contribution is -2.30. The molecule has 0 bridgehead atoms. The molecule has 0 unspecified atom stereocenters. The van der Waals surface area contributed by atoms with Crippen LogP contribution in [0, 0.1) is 6.92 Å². The van der Waals surface area contributed by atoms with Crippen molar-refractivity contribution in [3.05, 3.63) is 45.8 Å². The normalized spacial score (nSPS) is 16.6. The smallest absolute Gasteiger partial charge is 0.336 e. The highest BCUT2D eigenvalue weighted by Crippen LogP contribution is 2.21. The van der Waals surface area contributed by atoms with Gasteiger partial charge in [0.1, 0.15) is 5.58 Å². The first kappa shape index (κ1) is 13.4. The van der Waals surface area contributed by atoms with Crippen molar-refractivity contribution in [2.75, 3.05) is 0 Å². The average Bonchev–Trinajstić information content (AvgIpc) is 2.45.